The van der Waals surface area contributed by atoms with E-state index in [9.17, 15) is 14.4 Å². The van der Waals surface area contributed by atoms with Crippen molar-refractivity contribution in [2.24, 2.45) is 0 Å². The first kappa shape index (κ1) is 19.0. The van der Waals surface area contributed by atoms with Gasteiger partial charge in [0.25, 0.3) is 0 Å². The molecule has 6 nitrogen and oxygen atoms in total. The van der Waals surface area contributed by atoms with Crippen LogP contribution in [0, 0.1) is 0 Å². The molecule has 2 amide bonds. The highest BCUT2D eigenvalue weighted by Gasteiger charge is 2.25. The number of nitrogens with zero attached hydrogens (tertiary/aromatic N) is 1. The molecule has 140 valence electrons. The van der Waals surface area contributed by atoms with E-state index < -0.39 is 5.97 Å². The molecule has 3 rings (SSSR count). The molecule has 0 saturated heterocycles. The number of benzene rings is 2. The van der Waals surface area contributed by atoms with E-state index >= 15 is 0 Å². The van der Waals surface area contributed by atoms with E-state index in [0.29, 0.717) is 17.9 Å². The highest BCUT2D eigenvalue weighted by molar-refractivity contribution is 7.99. The molecule has 1 aliphatic rings. The van der Waals surface area contributed by atoms with Crippen molar-refractivity contribution in [3.63, 3.8) is 0 Å². The Bertz CT molecular complexity index is 869. The SMILES string of the molecule is CCOC(=O)c1ccccc1NC(=O)CN1C(=O)CCSc2ccccc21. The van der Waals surface area contributed by atoms with Crippen LogP contribution in [-0.4, -0.2) is 36.7 Å². The summed E-state index contributed by atoms with van der Waals surface area (Å²) in [7, 11) is 0. The van der Waals surface area contributed by atoms with Crippen molar-refractivity contribution in [1.82, 2.24) is 0 Å². The third-order valence-electron chi connectivity index (χ3n) is 4.03. The highest BCUT2D eigenvalue weighted by Crippen LogP contribution is 2.33. The zero-order valence-electron chi connectivity index (χ0n) is 14.9. The summed E-state index contributed by atoms with van der Waals surface area (Å²) in [6, 6.07) is 14.2. The third-order valence-corrected chi connectivity index (χ3v) is 5.09. The number of amides is 2. The molecule has 0 bridgehead atoms. The molecule has 0 spiro atoms. The summed E-state index contributed by atoms with van der Waals surface area (Å²) in [5, 5.41) is 2.73. The van der Waals surface area contributed by atoms with Gasteiger partial charge >= 0.3 is 5.97 Å². The summed E-state index contributed by atoms with van der Waals surface area (Å²) >= 11 is 1.60. The fourth-order valence-electron chi connectivity index (χ4n) is 2.81. The lowest BCUT2D eigenvalue weighted by Crippen LogP contribution is -2.38. The second-order valence-corrected chi connectivity index (χ2v) is 7.00. The average Bonchev–Trinajstić information content (AvgIpc) is 2.81. The van der Waals surface area contributed by atoms with Crippen LogP contribution in [0.25, 0.3) is 0 Å². The zero-order valence-corrected chi connectivity index (χ0v) is 15.8. The smallest absolute Gasteiger partial charge is 0.340 e. The van der Waals surface area contributed by atoms with Crippen molar-refractivity contribution < 1.29 is 19.1 Å². The second kappa shape index (κ2) is 8.73. The summed E-state index contributed by atoms with van der Waals surface area (Å²) in [5.41, 5.74) is 1.38. The van der Waals surface area contributed by atoms with Gasteiger partial charge in [-0.25, -0.2) is 4.79 Å². The first-order chi connectivity index (χ1) is 13.1. The van der Waals surface area contributed by atoms with Crippen molar-refractivity contribution in [3.05, 3.63) is 54.1 Å². The van der Waals surface area contributed by atoms with Gasteiger partial charge in [0.1, 0.15) is 6.54 Å². The highest BCUT2D eigenvalue weighted by atomic mass is 32.2. The maximum Gasteiger partial charge on any atom is 0.340 e. The summed E-state index contributed by atoms with van der Waals surface area (Å²) in [6.45, 7) is 1.85. The molecule has 0 fully saturated rings. The van der Waals surface area contributed by atoms with Gasteiger partial charge in [0.2, 0.25) is 11.8 Å². The molecule has 1 heterocycles. The van der Waals surface area contributed by atoms with Crippen LogP contribution in [0.1, 0.15) is 23.7 Å². The van der Waals surface area contributed by atoms with Gasteiger partial charge in [0, 0.05) is 17.1 Å². The summed E-state index contributed by atoms with van der Waals surface area (Å²) < 4.78 is 5.02. The predicted molar refractivity (Wildman–Crippen MR) is 105 cm³/mol. The van der Waals surface area contributed by atoms with Crippen molar-refractivity contribution in [1.29, 1.82) is 0 Å². The Balaban J connectivity index is 1.79. The molecule has 1 aliphatic heterocycles. The van der Waals surface area contributed by atoms with Crippen LogP contribution in [0.2, 0.25) is 0 Å². The van der Waals surface area contributed by atoms with E-state index in [1.807, 2.05) is 24.3 Å². The molecular formula is C20H20N2O4S. The molecular weight excluding hydrogens is 364 g/mol. The van der Waals surface area contributed by atoms with Crippen molar-refractivity contribution >= 4 is 40.9 Å². The minimum absolute atomic E-state index is 0.0960. The number of carbonyl (C=O) groups excluding carboxylic acids is 3. The van der Waals surface area contributed by atoms with Crippen molar-refractivity contribution in [2.75, 3.05) is 29.1 Å². The molecule has 2 aromatic rings. The number of rotatable bonds is 5. The van der Waals surface area contributed by atoms with Crippen molar-refractivity contribution in [3.8, 4) is 0 Å². The summed E-state index contributed by atoms with van der Waals surface area (Å²) in [6.07, 6.45) is 0.367. The van der Waals surface area contributed by atoms with Crippen LogP contribution in [0.5, 0.6) is 0 Å². The molecule has 7 heteroatoms. The lowest BCUT2D eigenvalue weighted by molar-refractivity contribution is -0.121. The fraction of sp³-hybridized carbons (Fsp3) is 0.250. The molecule has 1 N–H and O–H groups in total. The minimum atomic E-state index is -0.499. The minimum Gasteiger partial charge on any atom is -0.462 e. The standard InChI is InChI=1S/C20H20N2O4S/c1-2-26-20(25)14-7-3-4-8-15(14)21-18(23)13-22-16-9-5-6-10-17(16)27-12-11-19(22)24/h3-10H,2,11-13H2,1H3,(H,21,23). The number of nitrogens with one attached hydrogen (secondary N) is 1. The van der Waals surface area contributed by atoms with E-state index in [4.69, 9.17) is 4.74 Å². The molecule has 0 atom stereocenters. The Morgan fingerprint density at radius 2 is 1.89 bits per heavy atom. The third kappa shape index (κ3) is 4.49. The van der Waals surface area contributed by atoms with Gasteiger partial charge in [-0.05, 0) is 31.2 Å². The van der Waals surface area contributed by atoms with E-state index in [1.54, 1.807) is 43.0 Å². The number of ether oxygens (including phenoxy) is 1. The van der Waals surface area contributed by atoms with Gasteiger partial charge in [-0.2, -0.15) is 0 Å². The Morgan fingerprint density at radius 3 is 2.70 bits per heavy atom. The Labute approximate surface area is 161 Å². The molecule has 0 saturated carbocycles. The van der Waals surface area contributed by atoms with Crippen LogP contribution in [0.4, 0.5) is 11.4 Å². The number of carbonyl (C=O) groups is 3. The number of hydrogen-bond donors (Lipinski definition) is 1. The maximum atomic E-state index is 12.6. The van der Waals surface area contributed by atoms with Gasteiger partial charge in [-0.15, -0.1) is 11.8 Å². The van der Waals surface area contributed by atoms with E-state index in [-0.39, 0.29) is 30.5 Å². The lowest BCUT2D eigenvalue weighted by atomic mass is 10.1. The van der Waals surface area contributed by atoms with Gasteiger partial charge in [-0.1, -0.05) is 24.3 Å². The van der Waals surface area contributed by atoms with E-state index in [2.05, 4.69) is 5.32 Å². The number of hydrogen-bond acceptors (Lipinski definition) is 5. The second-order valence-electron chi connectivity index (χ2n) is 5.86. The molecule has 2 aromatic carbocycles. The van der Waals surface area contributed by atoms with Crippen LogP contribution in [0.3, 0.4) is 0 Å². The van der Waals surface area contributed by atoms with Crippen LogP contribution < -0.4 is 10.2 Å². The quantitative estimate of drug-likeness (QED) is 0.801. The topological polar surface area (TPSA) is 75.7 Å². The normalized spacial score (nSPS) is 13.5. The fourth-order valence-corrected chi connectivity index (χ4v) is 3.80. The van der Waals surface area contributed by atoms with Gasteiger partial charge in [-0.3, -0.25) is 9.59 Å². The van der Waals surface area contributed by atoms with E-state index in [1.165, 1.54) is 4.90 Å². The molecule has 0 aromatic heterocycles. The molecule has 0 aliphatic carbocycles. The number of thioether (sulfide) groups is 1. The van der Waals surface area contributed by atoms with E-state index in [0.717, 1.165) is 10.6 Å². The van der Waals surface area contributed by atoms with Crippen LogP contribution in [-0.2, 0) is 14.3 Å². The molecule has 27 heavy (non-hydrogen) atoms. The predicted octanol–water partition coefficient (Wildman–Crippen LogP) is 3.33. The first-order valence-electron chi connectivity index (χ1n) is 8.68. The first-order valence-corrected chi connectivity index (χ1v) is 9.67. The number of esters is 1. The maximum absolute atomic E-state index is 12.6. The number of para-hydroxylation sites is 2. The Morgan fingerprint density at radius 1 is 1.15 bits per heavy atom. The van der Waals surface area contributed by atoms with Gasteiger partial charge < -0.3 is 15.0 Å². The average molecular weight is 384 g/mol. The zero-order chi connectivity index (χ0) is 19.2. The Hall–Kier alpha value is -2.80. The number of fused-ring (bicyclic) bond motifs is 1. The number of anilines is 2. The summed E-state index contributed by atoms with van der Waals surface area (Å²) in [5.74, 6) is -0.288. The monoisotopic (exact) mass is 384 g/mol. The molecule has 0 radical (unpaired) electrons. The van der Waals surface area contributed by atoms with Crippen molar-refractivity contribution in [2.45, 2.75) is 18.2 Å². The molecule has 0 unspecified atom stereocenters. The van der Waals surface area contributed by atoms with Crippen LogP contribution >= 0.6 is 11.8 Å². The summed E-state index contributed by atoms with van der Waals surface area (Å²) in [4.78, 5) is 39.6. The van der Waals surface area contributed by atoms with Crippen LogP contribution in [0.15, 0.2) is 53.4 Å². The lowest BCUT2D eigenvalue weighted by Gasteiger charge is -2.22. The Kier molecular flexibility index (Phi) is 6.13. The van der Waals surface area contributed by atoms with Gasteiger partial charge in [0.05, 0.1) is 23.5 Å². The largest absolute Gasteiger partial charge is 0.462 e. The van der Waals surface area contributed by atoms with Gasteiger partial charge in [0.15, 0.2) is 0 Å².